The van der Waals surface area contributed by atoms with Crippen LogP contribution in [0.2, 0.25) is 0 Å². The molecule has 100 valence electrons. The van der Waals surface area contributed by atoms with Gasteiger partial charge in [-0.2, -0.15) is 0 Å². The third-order valence-corrected chi connectivity index (χ3v) is 4.00. The summed E-state index contributed by atoms with van der Waals surface area (Å²) < 4.78 is 12.1. The van der Waals surface area contributed by atoms with Crippen LogP contribution in [0.1, 0.15) is 22.7 Å². The van der Waals surface area contributed by atoms with E-state index >= 15 is 0 Å². The van der Waals surface area contributed by atoms with Gasteiger partial charge in [0.25, 0.3) is 0 Å². The Morgan fingerprint density at radius 1 is 1.42 bits per heavy atom. The van der Waals surface area contributed by atoms with Crippen molar-refractivity contribution in [2.24, 2.45) is 0 Å². The van der Waals surface area contributed by atoms with E-state index in [0.29, 0.717) is 0 Å². The summed E-state index contributed by atoms with van der Waals surface area (Å²) in [4.78, 5) is 0. The van der Waals surface area contributed by atoms with Gasteiger partial charge >= 0.3 is 0 Å². The molecule has 1 atom stereocenters. The molecule has 1 aliphatic heterocycles. The Balaban J connectivity index is 1.90. The molecular weight excluding hydrogens is 306 g/mol. The zero-order chi connectivity index (χ0) is 13.2. The molecule has 0 bridgehead atoms. The van der Waals surface area contributed by atoms with Gasteiger partial charge in [-0.25, -0.2) is 0 Å². The number of ether oxygens (including phenoxy) is 1. The predicted octanol–water partition coefficient (Wildman–Crippen LogP) is 3.48. The highest BCUT2D eigenvalue weighted by Crippen LogP contribution is 2.35. The van der Waals surface area contributed by atoms with Crippen molar-refractivity contribution in [3.05, 3.63) is 51.9 Å². The Morgan fingerprint density at radius 2 is 2.32 bits per heavy atom. The molecule has 0 radical (unpaired) electrons. The second-order valence-corrected chi connectivity index (χ2v) is 5.67. The predicted molar refractivity (Wildman–Crippen MR) is 77.6 cm³/mol. The van der Waals surface area contributed by atoms with E-state index in [-0.39, 0.29) is 6.04 Å². The SMILES string of the molecule is CNC(Cc1cc(Br)cc2c1OCC2)c1ccoc1. The van der Waals surface area contributed by atoms with Gasteiger partial charge in [0.2, 0.25) is 0 Å². The van der Waals surface area contributed by atoms with Crippen LogP contribution in [0, 0.1) is 0 Å². The Hall–Kier alpha value is -1.26. The highest BCUT2D eigenvalue weighted by molar-refractivity contribution is 9.10. The minimum absolute atomic E-state index is 0.237. The average Bonchev–Trinajstić information content (AvgIpc) is 3.05. The third-order valence-electron chi connectivity index (χ3n) is 3.54. The molecule has 0 fully saturated rings. The summed E-state index contributed by atoms with van der Waals surface area (Å²) in [7, 11) is 1.97. The van der Waals surface area contributed by atoms with Gasteiger partial charge in [0, 0.05) is 22.5 Å². The van der Waals surface area contributed by atoms with E-state index in [1.807, 2.05) is 13.1 Å². The Bertz CT molecular complexity index is 566. The van der Waals surface area contributed by atoms with Crippen molar-refractivity contribution >= 4 is 15.9 Å². The summed E-state index contributed by atoms with van der Waals surface area (Å²) in [5.41, 5.74) is 3.70. The highest BCUT2D eigenvalue weighted by Gasteiger charge is 2.20. The minimum atomic E-state index is 0.237. The number of fused-ring (bicyclic) bond motifs is 1. The Labute approximate surface area is 121 Å². The normalized spacial score (nSPS) is 15.1. The topological polar surface area (TPSA) is 34.4 Å². The van der Waals surface area contributed by atoms with Crippen LogP contribution in [-0.4, -0.2) is 13.7 Å². The summed E-state index contributed by atoms with van der Waals surface area (Å²) in [6.45, 7) is 0.786. The first-order chi connectivity index (χ1) is 9.28. The number of halogens is 1. The van der Waals surface area contributed by atoms with Crippen LogP contribution in [0.3, 0.4) is 0 Å². The number of rotatable bonds is 4. The van der Waals surface area contributed by atoms with Crippen LogP contribution in [-0.2, 0) is 12.8 Å². The van der Waals surface area contributed by atoms with Gasteiger partial charge in [0.1, 0.15) is 5.75 Å². The summed E-state index contributed by atoms with van der Waals surface area (Å²) in [5.74, 6) is 1.06. The molecule has 0 saturated carbocycles. The first-order valence-electron chi connectivity index (χ1n) is 6.41. The van der Waals surface area contributed by atoms with Crippen molar-refractivity contribution in [2.45, 2.75) is 18.9 Å². The molecular formula is C15H16BrNO2. The van der Waals surface area contributed by atoms with Gasteiger partial charge in [-0.05, 0) is 42.8 Å². The zero-order valence-corrected chi connectivity index (χ0v) is 12.4. The lowest BCUT2D eigenvalue weighted by molar-refractivity contribution is 0.352. The molecule has 0 spiro atoms. The fraction of sp³-hybridized carbons (Fsp3) is 0.333. The van der Waals surface area contributed by atoms with Crippen LogP contribution < -0.4 is 10.1 Å². The summed E-state index contributed by atoms with van der Waals surface area (Å²) >= 11 is 3.58. The molecule has 3 nitrogen and oxygen atoms in total. The first-order valence-corrected chi connectivity index (χ1v) is 7.20. The first kappa shape index (κ1) is 12.8. The molecule has 19 heavy (non-hydrogen) atoms. The van der Waals surface area contributed by atoms with E-state index in [0.717, 1.165) is 35.2 Å². The van der Waals surface area contributed by atoms with Crippen LogP contribution in [0.5, 0.6) is 5.75 Å². The monoisotopic (exact) mass is 321 g/mol. The summed E-state index contributed by atoms with van der Waals surface area (Å²) in [6, 6.07) is 6.54. The highest BCUT2D eigenvalue weighted by atomic mass is 79.9. The second-order valence-electron chi connectivity index (χ2n) is 4.75. The van der Waals surface area contributed by atoms with Gasteiger partial charge in [-0.3, -0.25) is 0 Å². The number of hydrogen-bond donors (Lipinski definition) is 1. The molecule has 1 aromatic heterocycles. The van der Waals surface area contributed by atoms with Crippen LogP contribution in [0.25, 0.3) is 0 Å². The standard InChI is InChI=1S/C15H16BrNO2/c1-17-14(11-2-4-18-9-11)8-12-7-13(16)6-10-3-5-19-15(10)12/h2,4,6-7,9,14,17H,3,5,8H2,1H3. The van der Waals surface area contributed by atoms with Gasteiger partial charge in [0.05, 0.1) is 19.1 Å². The molecule has 1 unspecified atom stereocenters. The molecule has 1 aromatic carbocycles. The molecule has 0 saturated heterocycles. The van der Waals surface area contributed by atoms with Crippen molar-refractivity contribution < 1.29 is 9.15 Å². The van der Waals surface area contributed by atoms with Gasteiger partial charge < -0.3 is 14.5 Å². The van der Waals surface area contributed by atoms with E-state index in [9.17, 15) is 0 Å². The maximum absolute atomic E-state index is 5.78. The molecule has 4 heteroatoms. The molecule has 1 aliphatic rings. The van der Waals surface area contributed by atoms with Gasteiger partial charge in [0.15, 0.2) is 0 Å². The lowest BCUT2D eigenvalue weighted by Gasteiger charge is -2.17. The van der Waals surface area contributed by atoms with Gasteiger partial charge in [-0.15, -0.1) is 0 Å². The van der Waals surface area contributed by atoms with E-state index in [1.54, 1.807) is 12.5 Å². The number of nitrogens with one attached hydrogen (secondary N) is 1. The lowest BCUT2D eigenvalue weighted by Crippen LogP contribution is -2.18. The third kappa shape index (κ3) is 2.55. The molecule has 2 aromatic rings. The average molecular weight is 322 g/mol. The van der Waals surface area contributed by atoms with E-state index in [1.165, 1.54) is 11.1 Å². The number of hydrogen-bond acceptors (Lipinski definition) is 3. The zero-order valence-electron chi connectivity index (χ0n) is 10.8. The molecule has 1 N–H and O–H groups in total. The minimum Gasteiger partial charge on any atom is -0.493 e. The molecule has 3 rings (SSSR count). The van der Waals surface area contributed by atoms with E-state index < -0.39 is 0 Å². The second kappa shape index (κ2) is 5.39. The summed E-state index contributed by atoms with van der Waals surface area (Å²) in [5, 5.41) is 3.33. The fourth-order valence-electron chi connectivity index (χ4n) is 2.58. The number of likely N-dealkylation sites (N-methyl/N-ethyl adjacent to an activating group) is 1. The van der Waals surface area contributed by atoms with Crippen molar-refractivity contribution in [3.8, 4) is 5.75 Å². The van der Waals surface area contributed by atoms with E-state index in [4.69, 9.17) is 9.15 Å². The maximum atomic E-state index is 5.78. The number of benzene rings is 1. The Morgan fingerprint density at radius 3 is 3.05 bits per heavy atom. The summed E-state index contributed by atoms with van der Waals surface area (Å²) in [6.07, 6.45) is 5.39. The van der Waals surface area contributed by atoms with Crippen molar-refractivity contribution in [1.82, 2.24) is 5.32 Å². The molecule has 0 amide bonds. The van der Waals surface area contributed by atoms with Crippen molar-refractivity contribution in [3.63, 3.8) is 0 Å². The largest absolute Gasteiger partial charge is 0.493 e. The smallest absolute Gasteiger partial charge is 0.125 e. The van der Waals surface area contributed by atoms with Crippen molar-refractivity contribution in [1.29, 1.82) is 0 Å². The van der Waals surface area contributed by atoms with Crippen LogP contribution in [0.15, 0.2) is 39.6 Å². The van der Waals surface area contributed by atoms with Crippen molar-refractivity contribution in [2.75, 3.05) is 13.7 Å². The van der Waals surface area contributed by atoms with Crippen LogP contribution >= 0.6 is 15.9 Å². The van der Waals surface area contributed by atoms with Crippen LogP contribution in [0.4, 0.5) is 0 Å². The van der Waals surface area contributed by atoms with E-state index in [2.05, 4.69) is 33.4 Å². The van der Waals surface area contributed by atoms with Gasteiger partial charge in [-0.1, -0.05) is 15.9 Å². The Kier molecular flexibility index (Phi) is 3.62. The quantitative estimate of drug-likeness (QED) is 0.936. The maximum Gasteiger partial charge on any atom is 0.125 e. The molecule has 0 aliphatic carbocycles. The fourth-order valence-corrected chi connectivity index (χ4v) is 3.13. The number of furan rings is 1. The lowest BCUT2D eigenvalue weighted by atomic mass is 9.98. The molecule has 2 heterocycles.